The smallest absolute Gasteiger partial charge is 0.302 e. The van der Waals surface area contributed by atoms with Crippen LogP contribution in [0.5, 0.6) is 0 Å². The van der Waals surface area contributed by atoms with Crippen LogP contribution in [0, 0.1) is 5.82 Å². The summed E-state index contributed by atoms with van der Waals surface area (Å²) in [7, 11) is 0. The van der Waals surface area contributed by atoms with Gasteiger partial charge in [0.25, 0.3) is 0 Å². The molecular weight excluding hydrogens is 422 g/mol. The summed E-state index contributed by atoms with van der Waals surface area (Å²) in [5, 5.41) is 0. The van der Waals surface area contributed by atoms with Crippen molar-refractivity contribution >= 4 is 36.8 Å². The number of carbonyl (C=O) groups is 2. The van der Waals surface area contributed by atoms with E-state index in [9.17, 15) is 14.0 Å². The standard InChI is InChI=1S/C12H22N2O4.C8H9F.2ClH/c1-11(15)17-9-7-13-3-5-14(6-4-13)8-10-18-12(2)16;1-2-7-3-5-8(9)6-4-7;;/h3-10H2,1-2H3;3-6H,2H2,1H3;2*1H. The first-order valence-electron chi connectivity index (χ1n) is 9.36. The Kier molecular flexibility index (Phi) is 17.9. The maximum atomic E-state index is 12.2. The molecule has 1 fully saturated rings. The number of hydrogen-bond donors (Lipinski definition) is 0. The van der Waals surface area contributed by atoms with Crippen molar-refractivity contribution in [3.8, 4) is 0 Å². The Morgan fingerprint density at radius 2 is 1.24 bits per heavy atom. The molecule has 0 amide bonds. The van der Waals surface area contributed by atoms with Gasteiger partial charge in [0.15, 0.2) is 0 Å². The van der Waals surface area contributed by atoms with Crippen molar-refractivity contribution in [2.24, 2.45) is 0 Å². The number of benzene rings is 1. The van der Waals surface area contributed by atoms with Crippen molar-refractivity contribution in [2.45, 2.75) is 27.2 Å². The Morgan fingerprint density at radius 1 is 0.862 bits per heavy atom. The summed E-state index contributed by atoms with van der Waals surface area (Å²) in [6, 6.07) is 6.57. The number of hydrogen-bond acceptors (Lipinski definition) is 6. The summed E-state index contributed by atoms with van der Waals surface area (Å²) >= 11 is 0. The van der Waals surface area contributed by atoms with Crippen molar-refractivity contribution in [2.75, 3.05) is 52.5 Å². The van der Waals surface area contributed by atoms with E-state index < -0.39 is 0 Å². The molecule has 0 radical (unpaired) electrons. The van der Waals surface area contributed by atoms with Gasteiger partial charge in [0.1, 0.15) is 19.0 Å². The summed E-state index contributed by atoms with van der Waals surface area (Å²) in [4.78, 5) is 25.8. The number of carbonyl (C=O) groups excluding carboxylic acids is 2. The highest BCUT2D eigenvalue weighted by Gasteiger charge is 2.16. The average Bonchev–Trinajstić information content (AvgIpc) is 2.64. The maximum Gasteiger partial charge on any atom is 0.302 e. The fraction of sp³-hybridized carbons (Fsp3) is 0.600. The molecule has 0 aromatic heterocycles. The van der Waals surface area contributed by atoms with Gasteiger partial charge in [-0.1, -0.05) is 19.1 Å². The molecule has 0 bridgehead atoms. The summed E-state index contributed by atoms with van der Waals surface area (Å²) in [6.45, 7) is 11.2. The maximum absolute atomic E-state index is 12.2. The number of nitrogens with zero attached hydrogens (tertiary/aromatic N) is 2. The summed E-state index contributed by atoms with van der Waals surface area (Å²) < 4.78 is 22.0. The van der Waals surface area contributed by atoms with Crippen LogP contribution in [0.15, 0.2) is 24.3 Å². The van der Waals surface area contributed by atoms with Gasteiger partial charge in [-0.2, -0.15) is 0 Å². The molecule has 168 valence electrons. The largest absolute Gasteiger partial charge is 0.465 e. The van der Waals surface area contributed by atoms with Gasteiger partial charge < -0.3 is 9.47 Å². The molecule has 9 heteroatoms. The molecule has 1 aliphatic rings. The number of aryl methyl sites for hydroxylation is 1. The zero-order chi connectivity index (χ0) is 20.1. The predicted molar refractivity (Wildman–Crippen MR) is 116 cm³/mol. The Balaban J connectivity index is 0. The van der Waals surface area contributed by atoms with Crippen LogP contribution < -0.4 is 0 Å². The lowest BCUT2D eigenvalue weighted by atomic mass is 10.2. The zero-order valence-corrected chi connectivity index (χ0v) is 19.0. The highest BCUT2D eigenvalue weighted by atomic mass is 35.5. The third-order valence-electron chi connectivity index (χ3n) is 4.21. The van der Waals surface area contributed by atoms with E-state index in [2.05, 4.69) is 9.80 Å². The first-order chi connectivity index (χ1) is 12.9. The number of esters is 2. The molecule has 1 aromatic carbocycles. The topological polar surface area (TPSA) is 59.1 Å². The zero-order valence-electron chi connectivity index (χ0n) is 17.4. The fourth-order valence-corrected chi connectivity index (χ4v) is 2.59. The molecule has 0 saturated carbocycles. The number of rotatable bonds is 7. The number of halogens is 3. The minimum Gasteiger partial charge on any atom is -0.465 e. The number of ether oxygens (including phenoxy) is 2. The van der Waals surface area contributed by atoms with E-state index in [1.165, 1.54) is 31.5 Å². The van der Waals surface area contributed by atoms with E-state index >= 15 is 0 Å². The van der Waals surface area contributed by atoms with Crippen molar-refractivity contribution in [1.29, 1.82) is 0 Å². The lowest BCUT2D eigenvalue weighted by molar-refractivity contribution is -0.142. The van der Waals surface area contributed by atoms with E-state index in [0.29, 0.717) is 13.2 Å². The molecule has 1 aliphatic heterocycles. The van der Waals surface area contributed by atoms with Gasteiger partial charge in [0.05, 0.1) is 0 Å². The van der Waals surface area contributed by atoms with E-state index in [1.54, 1.807) is 12.1 Å². The van der Waals surface area contributed by atoms with Crippen LogP contribution in [-0.4, -0.2) is 74.2 Å². The molecule has 29 heavy (non-hydrogen) atoms. The van der Waals surface area contributed by atoms with E-state index in [4.69, 9.17) is 9.47 Å². The molecule has 1 aromatic rings. The minimum atomic E-state index is -0.227. The van der Waals surface area contributed by atoms with Crippen LogP contribution in [-0.2, 0) is 25.5 Å². The van der Waals surface area contributed by atoms with Crippen LogP contribution in [0.2, 0.25) is 0 Å². The molecule has 2 rings (SSSR count). The van der Waals surface area contributed by atoms with E-state index in [0.717, 1.165) is 45.7 Å². The van der Waals surface area contributed by atoms with Gasteiger partial charge in [-0.15, -0.1) is 24.8 Å². The van der Waals surface area contributed by atoms with Crippen molar-refractivity contribution in [3.05, 3.63) is 35.6 Å². The van der Waals surface area contributed by atoms with Gasteiger partial charge in [0.2, 0.25) is 0 Å². The normalized spacial score (nSPS) is 13.8. The molecule has 6 nitrogen and oxygen atoms in total. The van der Waals surface area contributed by atoms with E-state index in [1.807, 2.05) is 6.92 Å². The van der Waals surface area contributed by atoms with Crippen molar-refractivity contribution < 1.29 is 23.5 Å². The molecule has 0 atom stereocenters. The molecular formula is C20H33Cl2FN2O4. The van der Waals surface area contributed by atoms with Crippen LogP contribution in [0.4, 0.5) is 4.39 Å². The second-order valence-corrected chi connectivity index (χ2v) is 6.34. The second-order valence-electron chi connectivity index (χ2n) is 6.34. The SMILES string of the molecule is CC(=O)OCCN1CCN(CCOC(C)=O)CC1.CCc1ccc(F)cc1.Cl.Cl. The molecule has 1 heterocycles. The first kappa shape index (κ1) is 29.8. The van der Waals surface area contributed by atoms with Crippen LogP contribution in [0.3, 0.4) is 0 Å². The van der Waals surface area contributed by atoms with Gasteiger partial charge in [0, 0.05) is 53.1 Å². The monoisotopic (exact) mass is 454 g/mol. The van der Waals surface area contributed by atoms with Crippen molar-refractivity contribution in [3.63, 3.8) is 0 Å². The first-order valence-corrected chi connectivity index (χ1v) is 9.36. The lowest BCUT2D eigenvalue weighted by Crippen LogP contribution is -2.48. The fourth-order valence-electron chi connectivity index (χ4n) is 2.59. The Hall–Kier alpha value is -1.41. The van der Waals surface area contributed by atoms with Crippen LogP contribution in [0.1, 0.15) is 26.3 Å². The van der Waals surface area contributed by atoms with Gasteiger partial charge in [-0.05, 0) is 24.1 Å². The Labute approximate surface area is 185 Å². The molecule has 0 N–H and O–H groups in total. The highest BCUT2D eigenvalue weighted by molar-refractivity contribution is 5.85. The quantitative estimate of drug-likeness (QED) is 0.590. The third kappa shape index (κ3) is 15.1. The number of piperazine rings is 1. The lowest BCUT2D eigenvalue weighted by Gasteiger charge is -2.34. The molecule has 1 saturated heterocycles. The second kappa shape index (κ2) is 17.4. The van der Waals surface area contributed by atoms with Crippen LogP contribution >= 0.6 is 24.8 Å². The average molecular weight is 455 g/mol. The summed E-state index contributed by atoms with van der Waals surface area (Å²) in [5.41, 5.74) is 1.18. The van der Waals surface area contributed by atoms with Gasteiger partial charge >= 0.3 is 11.9 Å². The van der Waals surface area contributed by atoms with Crippen LogP contribution in [0.25, 0.3) is 0 Å². The van der Waals surface area contributed by atoms with Gasteiger partial charge in [-0.3, -0.25) is 19.4 Å². The predicted octanol–water partition coefficient (Wildman–Crippen LogP) is 2.96. The molecule has 0 unspecified atom stereocenters. The van der Waals surface area contributed by atoms with Crippen molar-refractivity contribution in [1.82, 2.24) is 9.80 Å². The summed E-state index contributed by atoms with van der Waals surface area (Å²) in [6.07, 6.45) is 0.972. The molecule has 0 spiro atoms. The minimum absolute atomic E-state index is 0. The Bertz CT molecular complexity index is 540. The third-order valence-corrected chi connectivity index (χ3v) is 4.21. The van der Waals surface area contributed by atoms with Gasteiger partial charge in [-0.25, -0.2) is 4.39 Å². The highest BCUT2D eigenvalue weighted by Crippen LogP contribution is 2.02. The molecule has 0 aliphatic carbocycles. The van der Waals surface area contributed by atoms with E-state index in [-0.39, 0.29) is 42.6 Å². The Morgan fingerprint density at radius 3 is 1.55 bits per heavy atom. The summed E-state index contributed by atoms with van der Waals surface area (Å²) in [5.74, 6) is -0.614.